The summed E-state index contributed by atoms with van der Waals surface area (Å²) in [5, 5.41) is 10.7. The van der Waals surface area contributed by atoms with Crippen LogP contribution >= 0.6 is 11.6 Å². The summed E-state index contributed by atoms with van der Waals surface area (Å²) in [5.41, 5.74) is 0.187. The molecule has 0 N–H and O–H groups in total. The van der Waals surface area contributed by atoms with Gasteiger partial charge in [-0.05, 0) is 25.5 Å². The molecule has 0 spiro atoms. The van der Waals surface area contributed by atoms with Crippen LogP contribution in [-0.2, 0) is 4.74 Å². The third-order valence-electron chi connectivity index (χ3n) is 3.52. The highest BCUT2D eigenvalue weighted by Crippen LogP contribution is 2.26. The maximum atomic E-state index is 12.4. The van der Waals surface area contributed by atoms with Gasteiger partial charge in [0.25, 0.3) is 11.6 Å². The van der Waals surface area contributed by atoms with E-state index in [0.29, 0.717) is 37.8 Å². The van der Waals surface area contributed by atoms with Crippen LogP contribution in [0.1, 0.15) is 23.7 Å². The number of rotatable bonds is 5. The zero-order valence-corrected chi connectivity index (χ0v) is 12.5. The molecular weight excluding hydrogens is 296 g/mol. The molecule has 1 aliphatic rings. The van der Waals surface area contributed by atoms with Crippen molar-refractivity contribution < 1.29 is 14.5 Å². The van der Waals surface area contributed by atoms with E-state index < -0.39 is 4.92 Å². The SMILES string of the molecule is CCOCC1CCN(C(=O)c2ccc([N+](=O)[O-])c(Cl)c2)C1. The fourth-order valence-electron chi connectivity index (χ4n) is 2.41. The number of benzene rings is 1. The van der Waals surface area contributed by atoms with Crippen LogP contribution in [0.4, 0.5) is 5.69 Å². The smallest absolute Gasteiger partial charge is 0.287 e. The summed E-state index contributed by atoms with van der Waals surface area (Å²) in [4.78, 5) is 24.2. The fourth-order valence-corrected chi connectivity index (χ4v) is 2.66. The van der Waals surface area contributed by atoms with Crippen LogP contribution in [-0.4, -0.2) is 42.0 Å². The second kappa shape index (κ2) is 6.87. The summed E-state index contributed by atoms with van der Waals surface area (Å²) in [6, 6.07) is 4.07. The van der Waals surface area contributed by atoms with E-state index in [-0.39, 0.29) is 16.6 Å². The average Bonchev–Trinajstić information content (AvgIpc) is 2.92. The Hall–Kier alpha value is -1.66. The maximum Gasteiger partial charge on any atom is 0.287 e. The van der Waals surface area contributed by atoms with E-state index in [1.807, 2.05) is 6.92 Å². The number of nitro benzene ring substituents is 1. The molecule has 1 heterocycles. The monoisotopic (exact) mass is 312 g/mol. The molecule has 1 amide bonds. The van der Waals surface area contributed by atoms with E-state index >= 15 is 0 Å². The topological polar surface area (TPSA) is 72.7 Å². The Labute approximate surface area is 127 Å². The summed E-state index contributed by atoms with van der Waals surface area (Å²) in [6.07, 6.45) is 0.909. The first-order valence-corrected chi connectivity index (χ1v) is 7.21. The zero-order valence-electron chi connectivity index (χ0n) is 11.8. The number of likely N-dealkylation sites (tertiary alicyclic amines) is 1. The van der Waals surface area contributed by atoms with Gasteiger partial charge in [-0.25, -0.2) is 0 Å². The van der Waals surface area contributed by atoms with Crippen LogP contribution in [0.2, 0.25) is 5.02 Å². The quantitative estimate of drug-likeness (QED) is 0.619. The number of carbonyl (C=O) groups excluding carboxylic acids is 1. The Bertz CT molecular complexity index is 550. The molecule has 1 fully saturated rings. The minimum atomic E-state index is -0.565. The van der Waals surface area contributed by atoms with Crippen LogP contribution in [0.15, 0.2) is 18.2 Å². The predicted molar refractivity (Wildman–Crippen MR) is 78.6 cm³/mol. The molecule has 0 aliphatic carbocycles. The molecule has 21 heavy (non-hydrogen) atoms. The van der Waals surface area contributed by atoms with E-state index in [4.69, 9.17) is 16.3 Å². The highest BCUT2D eigenvalue weighted by Gasteiger charge is 2.27. The molecule has 7 heteroatoms. The summed E-state index contributed by atoms with van der Waals surface area (Å²) in [6.45, 7) is 4.58. The fraction of sp³-hybridized carbons (Fsp3) is 0.500. The van der Waals surface area contributed by atoms with Gasteiger partial charge < -0.3 is 9.64 Å². The van der Waals surface area contributed by atoms with Gasteiger partial charge in [-0.1, -0.05) is 11.6 Å². The standard InChI is InChI=1S/C14H17ClN2O4/c1-2-21-9-10-5-6-16(8-10)14(18)11-3-4-13(17(19)20)12(15)7-11/h3-4,7,10H,2,5-6,8-9H2,1H3. The maximum absolute atomic E-state index is 12.4. The van der Waals surface area contributed by atoms with Crippen LogP contribution < -0.4 is 0 Å². The van der Waals surface area contributed by atoms with Gasteiger partial charge in [0.05, 0.1) is 11.5 Å². The largest absolute Gasteiger partial charge is 0.381 e. The highest BCUT2D eigenvalue weighted by molar-refractivity contribution is 6.33. The molecule has 1 aliphatic heterocycles. The number of hydrogen-bond acceptors (Lipinski definition) is 4. The molecule has 0 radical (unpaired) electrons. The van der Waals surface area contributed by atoms with E-state index in [2.05, 4.69) is 0 Å². The van der Waals surface area contributed by atoms with Crippen molar-refractivity contribution in [3.63, 3.8) is 0 Å². The minimum absolute atomic E-state index is 0.0177. The number of ether oxygens (including phenoxy) is 1. The Balaban J connectivity index is 2.04. The van der Waals surface area contributed by atoms with Gasteiger partial charge in [0.2, 0.25) is 0 Å². The Morgan fingerprint density at radius 3 is 2.95 bits per heavy atom. The molecule has 114 valence electrons. The third-order valence-corrected chi connectivity index (χ3v) is 3.82. The number of nitrogens with zero attached hydrogens (tertiary/aromatic N) is 2. The lowest BCUT2D eigenvalue weighted by Gasteiger charge is -2.16. The lowest BCUT2D eigenvalue weighted by molar-refractivity contribution is -0.384. The van der Waals surface area contributed by atoms with Gasteiger partial charge in [-0.15, -0.1) is 0 Å². The van der Waals surface area contributed by atoms with Crippen LogP contribution in [0.3, 0.4) is 0 Å². The van der Waals surface area contributed by atoms with Gasteiger partial charge in [-0.2, -0.15) is 0 Å². The summed E-state index contributed by atoms with van der Waals surface area (Å²) in [5.74, 6) is 0.202. The van der Waals surface area contributed by atoms with Crippen molar-refractivity contribution >= 4 is 23.2 Å². The second-order valence-electron chi connectivity index (χ2n) is 4.99. The van der Waals surface area contributed by atoms with E-state index in [0.717, 1.165) is 6.42 Å². The summed E-state index contributed by atoms with van der Waals surface area (Å²) < 4.78 is 5.38. The van der Waals surface area contributed by atoms with Crippen LogP contribution in [0.25, 0.3) is 0 Å². The molecule has 2 rings (SSSR count). The molecule has 0 aromatic heterocycles. The number of carbonyl (C=O) groups is 1. The number of hydrogen-bond donors (Lipinski definition) is 0. The van der Waals surface area contributed by atoms with Gasteiger partial charge in [0.1, 0.15) is 5.02 Å². The van der Waals surface area contributed by atoms with Crippen molar-refractivity contribution in [3.05, 3.63) is 38.9 Å². The molecular formula is C14H17ClN2O4. The second-order valence-corrected chi connectivity index (χ2v) is 5.40. The lowest BCUT2D eigenvalue weighted by Crippen LogP contribution is -2.29. The third kappa shape index (κ3) is 3.71. The normalized spacial score (nSPS) is 18.0. The van der Waals surface area contributed by atoms with Crippen LogP contribution in [0, 0.1) is 16.0 Å². The van der Waals surface area contributed by atoms with Crippen molar-refractivity contribution in [3.8, 4) is 0 Å². The molecule has 0 bridgehead atoms. The first kappa shape index (κ1) is 15.7. The number of amides is 1. The van der Waals surface area contributed by atoms with E-state index in [1.54, 1.807) is 4.90 Å². The predicted octanol–water partition coefficient (Wildman–Crippen LogP) is 2.75. The molecule has 1 aromatic carbocycles. The molecule has 1 atom stereocenters. The number of halogens is 1. The summed E-state index contributed by atoms with van der Waals surface area (Å²) in [7, 11) is 0. The molecule has 1 unspecified atom stereocenters. The van der Waals surface area contributed by atoms with E-state index in [9.17, 15) is 14.9 Å². The van der Waals surface area contributed by atoms with Crippen molar-refractivity contribution in [2.45, 2.75) is 13.3 Å². The van der Waals surface area contributed by atoms with Gasteiger partial charge in [-0.3, -0.25) is 14.9 Å². The highest BCUT2D eigenvalue weighted by atomic mass is 35.5. The Kier molecular flexibility index (Phi) is 5.14. The molecule has 6 nitrogen and oxygen atoms in total. The molecule has 1 aromatic rings. The summed E-state index contributed by atoms with van der Waals surface area (Å²) >= 11 is 5.84. The molecule has 1 saturated heterocycles. The van der Waals surface area contributed by atoms with Crippen molar-refractivity contribution in [1.82, 2.24) is 4.90 Å². The molecule has 0 saturated carbocycles. The Morgan fingerprint density at radius 2 is 2.33 bits per heavy atom. The average molecular weight is 313 g/mol. The lowest BCUT2D eigenvalue weighted by atomic mass is 10.1. The zero-order chi connectivity index (χ0) is 15.4. The van der Waals surface area contributed by atoms with Gasteiger partial charge in [0.15, 0.2) is 0 Å². The van der Waals surface area contributed by atoms with Crippen molar-refractivity contribution in [2.75, 3.05) is 26.3 Å². The van der Waals surface area contributed by atoms with Gasteiger partial charge >= 0.3 is 0 Å². The first-order valence-electron chi connectivity index (χ1n) is 6.84. The first-order chi connectivity index (χ1) is 10.0. The van der Waals surface area contributed by atoms with Crippen LogP contribution in [0.5, 0.6) is 0 Å². The van der Waals surface area contributed by atoms with Crippen molar-refractivity contribution in [2.24, 2.45) is 5.92 Å². The Morgan fingerprint density at radius 1 is 1.57 bits per heavy atom. The number of nitro groups is 1. The van der Waals surface area contributed by atoms with E-state index in [1.165, 1.54) is 18.2 Å². The van der Waals surface area contributed by atoms with Gasteiger partial charge in [0, 0.05) is 37.2 Å². The van der Waals surface area contributed by atoms with Crippen molar-refractivity contribution in [1.29, 1.82) is 0 Å². The minimum Gasteiger partial charge on any atom is -0.381 e.